The first-order valence-electron chi connectivity index (χ1n) is 10.5. The van der Waals surface area contributed by atoms with Gasteiger partial charge in [0.15, 0.2) is 0 Å². The van der Waals surface area contributed by atoms with E-state index in [-0.39, 0.29) is 17.7 Å². The predicted molar refractivity (Wildman–Crippen MR) is 119 cm³/mol. The van der Waals surface area contributed by atoms with Gasteiger partial charge in [0.25, 0.3) is 5.91 Å². The van der Waals surface area contributed by atoms with E-state index in [1.165, 1.54) is 5.56 Å². The summed E-state index contributed by atoms with van der Waals surface area (Å²) in [6.07, 6.45) is 0.801. The van der Waals surface area contributed by atoms with Gasteiger partial charge in [0.1, 0.15) is 0 Å². The second-order valence-corrected chi connectivity index (χ2v) is 7.34. The van der Waals surface area contributed by atoms with Crippen molar-refractivity contribution < 1.29 is 9.59 Å². The maximum Gasteiger partial charge on any atom is 0.251 e. The molecule has 0 spiro atoms. The minimum atomic E-state index is -0.103. The Hall–Kier alpha value is -2.66. The summed E-state index contributed by atoms with van der Waals surface area (Å²) in [7, 11) is 0. The number of carbonyl (C=O) groups excluding carboxylic acids is 2. The molecule has 0 bridgehead atoms. The molecule has 2 aromatic carbocycles. The average Bonchev–Trinajstić information content (AvgIpc) is 2.75. The summed E-state index contributed by atoms with van der Waals surface area (Å²) in [5.41, 5.74) is 3.55. The molecule has 0 aliphatic rings. The van der Waals surface area contributed by atoms with Crippen LogP contribution in [0.3, 0.4) is 0 Å². The normalized spacial score (nSPS) is 11.9. The van der Waals surface area contributed by atoms with Crippen LogP contribution >= 0.6 is 0 Å². The van der Waals surface area contributed by atoms with Crippen LogP contribution in [0.2, 0.25) is 0 Å². The van der Waals surface area contributed by atoms with Gasteiger partial charge in [-0.3, -0.25) is 14.5 Å². The summed E-state index contributed by atoms with van der Waals surface area (Å²) >= 11 is 0. The molecular formula is C24H33N3O2. The van der Waals surface area contributed by atoms with Crippen LogP contribution in [0.4, 0.5) is 5.69 Å². The third kappa shape index (κ3) is 7.02. The molecule has 29 heavy (non-hydrogen) atoms. The van der Waals surface area contributed by atoms with Crippen molar-refractivity contribution in [2.75, 3.05) is 18.4 Å². The fourth-order valence-electron chi connectivity index (χ4n) is 2.96. The Morgan fingerprint density at radius 1 is 0.966 bits per heavy atom. The predicted octanol–water partition coefficient (Wildman–Crippen LogP) is 4.44. The maximum absolute atomic E-state index is 12.5. The van der Waals surface area contributed by atoms with Crippen molar-refractivity contribution in [1.29, 1.82) is 0 Å². The molecule has 5 heteroatoms. The highest BCUT2D eigenvalue weighted by Crippen LogP contribution is 2.14. The van der Waals surface area contributed by atoms with E-state index in [9.17, 15) is 9.59 Å². The minimum absolute atomic E-state index is 0.0125. The monoisotopic (exact) mass is 395 g/mol. The van der Waals surface area contributed by atoms with Crippen molar-refractivity contribution in [1.82, 2.24) is 10.2 Å². The van der Waals surface area contributed by atoms with Gasteiger partial charge in [-0.2, -0.15) is 0 Å². The van der Waals surface area contributed by atoms with E-state index in [4.69, 9.17) is 0 Å². The van der Waals surface area contributed by atoms with Gasteiger partial charge < -0.3 is 10.6 Å². The topological polar surface area (TPSA) is 61.4 Å². The van der Waals surface area contributed by atoms with Crippen LogP contribution in [-0.4, -0.2) is 29.8 Å². The highest BCUT2D eigenvalue weighted by atomic mass is 16.2. The highest BCUT2D eigenvalue weighted by Gasteiger charge is 2.11. The summed E-state index contributed by atoms with van der Waals surface area (Å²) in [6.45, 7) is 11.5. The lowest BCUT2D eigenvalue weighted by molar-refractivity contribution is -0.119. The molecule has 2 amide bonds. The molecule has 0 heterocycles. The first-order chi connectivity index (χ1) is 14.0. The van der Waals surface area contributed by atoms with E-state index in [1.807, 2.05) is 62.4 Å². The van der Waals surface area contributed by atoms with Gasteiger partial charge in [-0.15, -0.1) is 0 Å². The molecule has 1 unspecified atom stereocenters. The van der Waals surface area contributed by atoms with Gasteiger partial charge >= 0.3 is 0 Å². The van der Waals surface area contributed by atoms with E-state index in [0.29, 0.717) is 12.1 Å². The van der Waals surface area contributed by atoms with Crippen molar-refractivity contribution in [3.8, 4) is 0 Å². The first-order valence-corrected chi connectivity index (χ1v) is 10.5. The van der Waals surface area contributed by atoms with Crippen LogP contribution in [0.1, 0.15) is 55.6 Å². The molecule has 0 aliphatic carbocycles. The Kier molecular flexibility index (Phi) is 8.87. The lowest BCUT2D eigenvalue weighted by atomic mass is 10.1. The third-order valence-electron chi connectivity index (χ3n) is 5.22. The molecule has 0 saturated carbocycles. The molecule has 156 valence electrons. The van der Waals surface area contributed by atoms with Crippen LogP contribution in [0.15, 0.2) is 48.5 Å². The fraction of sp³-hybridized carbons (Fsp3) is 0.417. The molecule has 5 nitrogen and oxygen atoms in total. The van der Waals surface area contributed by atoms with Crippen LogP contribution in [0.5, 0.6) is 0 Å². The fourth-order valence-corrected chi connectivity index (χ4v) is 2.96. The number of hydrogen-bond donors (Lipinski definition) is 2. The maximum atomic E-state index is 12.5. The Bertz CT molecular complexity index is 798. The van der Waals surface area contributed by atoms with Gasteiger partial charge in [-0.1, -0.05) is 52.0 Å². The first kappa shape index (κ1) is 22.6. The van der Waals surface area contributed by atoms with Crippen molar-refractivity contribution in [2.45, 2.75) is 47.2 Å². The molecule has 0 saturated heterocycles. The second-order valence-electron chi connectivity index (χ2n) is 7.34. The molecule has 1 atom stereocenters. The summed E-state index contributed by atoms with van der Waals surface area (Å²) in [5, 5.41) is 5.88. The zero-order valence-electron chi connectivity index (χ0n) is 18.0. The molecule has 0 aromatic heterocycles. The molecular weight excluding hydrogens is 362 g/mol. The number of rotatable bonds is 10. The van der Waals surface area contributed by atoms with E-state index in [1.54, 1.807) is 0 Å². The van der Waals surface area contributed by atoms with Gasteiger partial charge in [-0.25, -0.2) is 0 Å². The van der Waals surface area contributed by atoms with Gasteiger partial charge in [-0.05, 0) is 54.9 Å². The highest BCUT2D eigenvalue weighted by molar-refractivity contribution is 5.94. The molecule has 2 aromatic rings. The largest absolute Gasteiger partial charge is 0.348 e. The zero-order valence-corrected chi connectivity index (χ0v) is 18.0. The summed E-state index contributed by atoms with van der Waals surface area (Å²) in [4.78, 5) is 26.9. The molecule has 0 fully saturated rings. The number of benzene rings is 2. The van der Waals surface area contributed by atoms with Crippen LogP contribution in [0, 0.1) is 5.92 Å². The zero-order chi connectivity index (χ0) is 21.2. The van der Waals surface area contributed by atoms with Crippen molar-refractivity contribution in [2.24, 2.45) is 5.92 Å². The van der Waals surface area contributed by atoms with Gasteiger partial charge in [0.05, 0.1) is 0 Å². The van der Waals surface area contributed by atoms with E-state index >= 15 is 0 Å². The Morgan fingerprint density at radius 2 is 1.66 bits per heavy atom. The van der Waals surface area contributed by atoms with Crippen LogP contribution in [0.25, 0.3) is 0 Å². The van der Waals surface area contributed by atoms with Crippen LogP contribution in [-0.2, 0) is 17.9 Å². The van der Waals surface area contributed by atoms with E-state index < -0.39 is 0 Å². The molecule has 2 rings (SSSR count). The summed E-state index contributed by atoms with van der Waals surface area (Å²) in [6, 6.07) is 15.3. The van der Waals surface area contributed by atoms with Gasteiger partial charge in [0.2, 0.25) is 5.91 Å². The lowest BCUT2D eigenvalue weighted by Crippen LogP contribution is -2.24. The van der Waals surface area contributed by atoms with Gasteiger partial charge in [0, 0.05) is 30.3 Å². The lowest BCUT2D eigenvalue weighted by Gasteiger charge is -2.18. The number of carbonyl (C=O) groups is 2. The molecule has 2 N–H and O–H groups in total. The van der Waals surface area contributed by atoms with Crippen LogP contribution < -0.4 is 10.6 Å². The van der Waals surface area contributed by atoms with Crippen molar-refractivity contribution in [3.63, 3.8) is 0 Å². The third-order valence-corrected chi connectivity index (χ3v) is 5.22. The second kappa shape index (κ2) is 11.4. The Morgan fingerprint density at radius 3 is 2.28 bits per heavy atom. The number of nitrogens with zero attached hydrogens (tertiary/aromatic N) is 1. The average molecular weight is 396 g/mol. The van der Waals surface area contributed by atoms with Crippen molar-refractivity contribution in [3.05, 3.63) is 65.2 Å². The molecule has 0 radical (unpaired) electrons. The van der Waals surface area contributed by atoms with E-state index in [2.05, 4.69) is 29.4 Å². The quantitative estimate of drug-likeness (QED) is 0.625. The SMILES string of the molecule is CCC(C)C(=O)Nc1cccc(CNC(=O)c2ccc(CN(CC)CC)cc2)c1. The number of hydrogen-bond acceptors (Lipinski definition) is 3. The Labute approximate surface area is 174 Å². The number of amides is 2. The number of nitrogens with one attached hydrogen (secondary N) is 2. The number of anilines is 1. The molecule has 0 aliphatic heterocycles. The van der Waals surface area contributed by atoms with E-state index in [0.717, 1.165) is 37.3 Å². The standard InChI is InChI=1S/C24H33N3O2/c1-5-18(4)23(28)26-22-10-8-9-20(15-22)16-25-24(29)21-13-11-19(12-14-21)17-27(6-2)7-3/h8-15,18H,5-7,16-17H2,1-4H3,(H,25,29)(H,26,28). The Balaban J connectivity index is 1.92. The van der Waals surface area contributed by atoms with Crippen molar-refractivity contribution >= 4 is 17.5 Å². The smallest absolute Gasteiger partial charge is 0.251 e. The summed E-state index contributed by atoms with van der Waals surface area (Å²) < 4.78 is 0. The minimum Gasteiger partial charge on any atom is -0.348 e. The summed E-state index contributed by atoms with van der Waals surface area (Å²) in [5.74, 6) is -0.116.